The van der Waals surface area contributed by atoms with Gasteiger partial charge in [0.15, 0.2) is 5.15 Å². The highest BCUT2D eigenvalue weighted by molar-refractivity contribution is 7.98. The molecule has 2 aromatic rings. The zero-order valence-corrected chi connectivity index (χ0v) is 10.1. The van der Waals surface area contributed by atoms with Gasteiger partial charge in [0, 0.05) is 4.90 Å². The number of nitrogens with zero attached hydrogens (tertiary/aromatic N) is 2. The van der Waals surface area contributed by atoms with Gasteiger partial charge in [-0.05, 0) is 30.5 Å². The van der Waals surface area contributed by atoms with E-state index in [0.29, 0.717) is 11.0 Å². The van der Waals surface area contributed by atoms with E-state index in [4.69, 9.17) is 16.3 Å². The highest BCUT2D eigenvalue weighted by atomic mass is 35.5. The molecule has 3 nitrogen and oxygen atoms in total. The Labute approximate surface area is 103 Å². The van der Waals surface area contributed by atoms with E-state index in [9.17, 15) is 0 Å². The van der Waals surface area contributed by atoms with Crippen LogP contribution in [0.15, 0.2) is 41.6 Å². The number of rotatable bonds is 3. The Kier molecular flexibility index (Phi) is 3.64. The molecule has 0 spiro atoms. The largest absolute Gasteiger partial charge is 0.437 e. The molecule has 0 unspecified atom stereocenters. The lowest BCUT2D eigenvalue weighted by Crippen LogP contribution is -1.89. The number of benzene rings is 1. The molecular weight excluding hydrogens is 244 g/mol. The minimum absolute atomic E-state index is 0.318. The van der Waals surface area contributed by atoms with Gasteiger partial charge in [-0.15, -0.1) is 11.8 Å². The summed E-state index contributed by atoms with van der Waals surface area (Å²) >= 11 is 7.38. The van der Waals surface area contributed by atoms with Gasteiger partial charge in [-0.3, -0.25) is 4.98 Å². The van der Waals surface area contributed by atoms with E-state index in [1.165, 1.54) is 17.3 Å². The van der Waals surface area contributed by atoms with Gasteiger partial charge < -0.3 is 4.74 Å². The lowest BCUT2D eigenvalue weighted by atomic mass is 10.3. The van der Waals surface area contributed by atoms with Gasteiger partial charge in [0.05, 0.1) is 12.4 Å². The van der Waals surface area contributed by atoms with Crippen molar-refractivity contribution in [3.8, 4) is 11.6 Å². The number of halogens is 1. The first-order chi connectivity index (χ1) is 7.78. The summed E-state index contributed by atoms with van der Waals surface area (Å²) in [6.45, 7) is 0. The fourth-order valence-corrected chi connectivity index (χ4v) is 1.69. The average Bonchev–Trinajstić information content (AvgIpc) is 2.30. The van der Waals surface area contributed by atoms with E-state index in [0.717, 1.165) is 5.75 Å². The SMILES string of the molecule is CSc1ccc(Oc2cncc(Cl)n2)cc1. The summed E-state index contributed by atoms with van der Waals surface area (Å²) in [5.74, 6) is 1.11. The molecule has 0 saturated carbocycles. The van der Waals surface area contributed by atoms with Crippen LogP contribution in [0.5, 0.6) is 11.6 Å². The molecular formula is C11H9ClN2OS. The van der Waals surface area contributed by atoms with E-state index in [2.05, 4.69) is 9.97 Å². The van der Waals surface area contributed by atoms with E-state index < -0.39 is 0 Å². The van der Waals surface area contributed by atoms with Crippen LogP contribution in [0.25, 0.3) is 0 Å². The maximum Gasteiger partial charge on any atom is 0.239 e. The topological polar surface area (TPSA) is 35.0 Å². The molecule has 16 heavy (non-hydrogen) atoms. The van der Waals surface area contributed by atoms with Crippen molar-refractivity contribution in [3.63, 3.8) is 0 Å². The Balaban J connectivity index is 2.14. The van der Waals surface area contributed by atoms with E-state index in [1.807, 2.05) is 30.5 Å². The minimum atomic E-state index is 0.318. The summed E-state index contributed by atoms with van der Waals surface area (Å²) in [5.41, 5.74) is 0. The summed E-state index contributed by atoms with van der Waals surface area (Å²) in [6.07, 6.45) is 5.01. The molecule has 0 aliphatic heterocycles. The van der Waals surface area contributed by atoms with Crippen LogP contribution in [0.1, 0.15) is 0 Å². The fourth-order valence-electron chi connectivity index (χ4n) is 1.14. The Morgan fingerprint density at radius 1 is 1.19 bits per heavy atom. The van der Waals surface area contributed by atoms with Crippen molar-refractivity contribution in [3.05, 3.63) is 41.8 Å². The van der Waals surface area contributed by atoms with Crippen LogP contribution in [-0.4, -0.2) is 16.2 Å². The Hall–Kier alpha value is -1.26. The third kappa shape index (κ3) is 2.87. The number of aromatic nitrogens is 2. The van der Waals surface area contributed by atoms with Crippen LogP contribution in [0.4, 0.5) is 0 Å². The van der Waals surface area contributed by atoms with Crippen molar-refractivity contribution >= 4 is 23.4 Å². The molecule has 0 amide bonds. The number of thioether (sulfide) groups is 1. The molecule has 82 valence electrons. The predicted octanol–water partition coefficient (Wildman–Crippen LogP) is 3.64. The molecule has 0 radical (unpaired) electrons. The van der Waals surface area contributed by atoms with Crippen LogP contribution >= 0.6 is 23.4 Å². The zero-order chi connectivity index (χ0) is 11.4. The van der Waals surface area contributed by atoms with E-state index in [1.54, 1.807) is 11.8 Å². The molecule has 0 fully saturated rings. The molecule has 1 aromatic carbocycles. The number of hydrogen-bond donors (Lipinski definition) is 0. The second kappa shape index (κ2) is 5.18. The molecule has 2 rings (SSSR count). The van der Waals surface area contributed by atoms with Crippen molar-refractivity contribution in [2.24, 2.45) is 0 Å². The maximum absolute atomic E-state index is 5.70. The summed E-state index contributed by atoms with van der Waals surface area (Å²) in [7, 11) is 0. The van der Waals surface area contributed by atoms with Crippen molar-refractivity contribution < 1.29 is 4.74 Å². The Bertz CT molecular complexity index is 476. The smallest absolute Gasteiger partial charge is 0.239 e. The van der Waals surface area contributed by atoms with Crippen molar-refractivity contribution in [1.29, 1.82) is 0 Å². The standard InChI is InChI=1S/C11H9ClN2OS/c1-16-9-4-2-8(3-5-9)15-11-7-13-6-10(12)14-11/h2-7H,1H3. The van der Waals surface area contributed by atoms with Gasteiger partial charge in [0.25, 0.3) is 0 Å². The van der Waals surface area contributed by atoms with Gasteiger partial charge in [-0.1, -0.05) is 11.6 Å². The molecule has 1 aromatic heterocycles. The van der Waals surface area contributed by atoms with E-state index in [-0.39, 0.29) is 0 Å². The van der Waals surface area contributed by atoms with Crippen LogP contribution in [-0.2, 0) is 0 Å². The van der Waals surface area contributed by atoms with Crippen LogP contribution < -0.4 is 4.74 Å². The van der Waals surface area contributed by atoms with Crippen LogP contribution in [0, 0.1) is 0 Å². The first kappa shape index (κ1) is 11.2. The van der Waals surface area contributed by atoms with Crippen LogP contribution in [0.2, 0.25) is 5.15 Å². The van der Waals surface area contributed by atoms with Gasteiger partial charge in [-0.25, -0.2) is 0 Å². The first-order valence-corrected chi connectivity index (χ1v) is 6.17. The minimum Gasteiger partial charge on any atom is -0.437 e. The second-order valence-corrected chi connectivity index (χ2v) is 4.22. The van der Waals surface area contributed by atoms with Crippen molar-refractivity contribution in [2.75, 3.05) is 6.26 Å². The molecule has 0 aliphatic rings. The summed E-state index contributed by atoms with van der Waals surface area (Å²) in [5, 5.41) is 0.318. The maximum atomic E-state index is 5.70. The van der Waals surface area contributed by atoms with Gasteiger partial charge in [-0.2, -0.15) is 4.98 Å². The quantitative estimate of drug-likeness (QED) is 0.781. The first-order valence-electron chi connectivity index (χ1n) is 4.57. The van der Waals surface area contributed by atoms with Crippen LogP contribution in [0.3, 0.4) is 0 Å². The van der Waals surface area contributed by atoms with Gasteiger partial charge >= 0.3 is 0 Å². The van der Waals surface area contributed by atoms with Gasteiger partial charge in [0.1, 0.15) is 5.75 Å². The molecule has 0 aliphatic carbocycles. The third-order valence-electron chi connectivity index (χ3n) is 1.86. The second-order valence-electron chi connectivity index (χ2n) is 2.96. The zero-order valence-electron chi connectivity index (χ0n) is 8.55. The summed E-state index contributed by atoms with van der Waals surface area (Å²) in [6, 6.07) is 7.73. The highest BCUT2D eigenvalue weighted by Crippen LogP contribution is 2.23. The molecule has 0 saturated heterocycles. The number of ether oxygens (including phenoxy) is 1. The highest BCUT2D eigenvalue weighted by Gasteiger charge is 2.00. The Morgan fingerprint density at radius 2 is 1.94 bits per heavy atom. The monoisotopic (exact) mass is 252 g/mol. The summed E-state index contributed by atoms with van der Waals surface area (Å²) < 4.78 is 5.49. The molecule has 5 heteroatoms. The molecule has 0 N–H and O–H groups in total. The summed E-state index contributed by atoms with van der Waals surface area (Å²) in [4.78, 5) is 9.06. The van der Waals surface area contributed by atoms with Crippen molar-refractivity contribution in [2.45, 2.75) is 4.90 Å². The fraction of sp³-hybridized carbons (Fsp3) is 0.0909. The lowest BCUT2D eigenvalue weighted by Gasteiger charge is -2.04. The predicted molar refractivity (Wildman–Crippen MR) is 65.3 cm³/mol. The van der Waals surface area contributed by atoms with Gasteiger partial charge in [0.2, 0.25) is 5.88 Å². The lowest BCUT2D eigenvalue weighted by molar-refractivity contribution is 0.460. The van der Waals surface area contributed by atoms with Crippen molar-refractivity contribution in [1.82, 2.24) is 9.97 Å². The van der Waals surface area contributed by atoms with E-state index >= 15 is 0 Å². The Morgan fingerprint density at radius 3 is 2.56 bits per heavy atom. The normalized spacial score (nSPS) is 10.1. The number of hydrogen-bond acceptors (Lipinski definition) is 4. The molecule has 0 atom stereocenters. The molecule has 0 bridgehead atoms. The molecule has 1 heterocycles. The average molecular weight is 253 g/mol. The third-order valence-corrected chi connectivity index (χ3v) is 2.79.